The maximum atomic E-state index is 6.79. The first kappa shape index (κ1) is 18.6. The summed E-state index contributed by atoms with van der Waals surface area (Å²) in [5.41, 5.74) is 0. The molecule has 0 aromatic rings. The minimum absolute atomic E-state index is 0.00881. The summed E-state index contributed by atoms with van der Waals surface area (Å²) >= 11 is 13.6. The fourth-order valence-corrected chi connectivity index (χ4v) is 3.94. The molecule has 0 N–H and O–H groups in total. The summed E-state index contributed by atoms with van der Waals surface area (Å²) in [5, 5.41) is 0. The van der Waals surface area contributed by atoms with E-state index in [9.17, 15) is 0 Å². The van der Waals surface area contributed by atoms with E-state index in [-0.39, 0.29) is 9.75 Å². The molecule has 0 aliphatic heterocycles. The van der Waals surface area contributed by atoms with Crippen molar-refractivity contribution in [1.82, 2.24) is 0 Å². The summed E-state index contributed by atoms with van der Waals surface area (Å²) in [6, 6.07) is 0. The monoisotopic (exact) mass is 294 g/mol. The molecule has 0 unspecified atom stereocenters. The van der Waals surface area contributed by atoms with Gasteiger partial charge in [0, 0.05) is 9.75 Å². The average molecular weight is 295 g/mol. The Bertz CT molecular complexity index is 167. The highest BCUT2D eigenvalue weighted by Crippen LogP contribution is 2.39. The fourth-order valence-electron chi connectivity index (χ4n) is 2.99. The Morgan fingerprint density at radius 2 is 0.722 bits per heavy atom. The van der Waals surface area contributed by atoms with Crippen molar-refractivity contribution in [2.45, 2.75) is 102 Å². The van der Waals surface area contributed by atoms with Crippen LogP contribution in [0.1, 0.15) is 91.9 Å². The minimum Gasteiger partial charge on any atom is -0.119 e. The smallest absolute Gasteiger partial charge is 0.0447 e. The van der Waals surface area contributed by atoms with Gasteiger partial charge in [0.1, 0.15) is 0 Å². The first-order valence-corrected chi connectivity index (χ1v) is 8.58. The van der Waals surface area contributed by atoms with Crippen molar-refractivity contribution in [2.75, 3.05) is 0 Å². The fraction of sp³-hybridized carbons (Fsp3) is 1.00. The molecule has 0 saturated heterocycles. The lowest BCUT2D eigenvalue weighted by Crippen LogP contribution is -2.28. The third-order valence-electron chi connectivity index (χ3n) is 3.81. The van der Waals surface area contributed by atoms with Crippen molar-refractivity contribution in [1.29, 1.82) is 0 Å². The SMILES string of the molecule is CCCC(Cl)(CCC)CCC(Cl)(CCC)CCC. The Morgan fingerprint density at radius 3 is 0.889 bits per heavy atom. The highest BCUT2D eigenvalue weighted by Gasteiger charge is 2.31. The zero-order chi connectivity index (χ0) is 14.1. The van der Waals surface area contributed by atoms with E-state index < -0.39 is 0 Å². The number of hydrogen-bond donors (Lipinski definition) is 0. The molecule has 0 radical (unpaired) electrons. The normalized spacial score (nSPS) is 13.0. The molecule has 0 atom stereocenters. The van der Waals surface area contributed by atoms with Gasteiger partial charge in [0.05, 0.1) is 0 Å². The van der Waals surface area contributed by atoms with Crippen LogP contribution in [0.3, 0.4) is 0 Å². The molecule has 0 spiro atoms. The van der Waals surface area contributed by atoms with Crippen LogP contribution in [0.5, 0.6) is 0 Å². The highest BCUT2D eigenvalue weighted by atomic mass is 35.5. The van der Waals surface area contributed by atoms with Crippen LogP contribution in [-0.2, 0) is 0 Å². The maximum Gasteiger partial charge on any atom is 0.0447 e. The van der Waals surface area contributed by atoms with Crippen molar-refractivity contribution in [2.24, 2.45) is 0 Å². The van der Waals surface area contributed by atoms with Crippen molar-refractivity contribution >= 4 is 23.2 Å². The largest absolute Gasteiger partial charge is 0.119 e. The quantitative estimate of drug-likeness (QED) is 0.363. The number of halogens is 2. The third kappa shape index (κ3) is 7.24. The number of rotatable bonds is 11. The Balaban J connectivity index is 4.44. The predicted octanol–water partition coefficient (Wildman–Crippen LogP) is 6.92. The third-order valence-corrected chi connectivity index (χ3v) is 4.95. The second-order valence-corrected chi connectivity index (χ2v) is 7.41. The van der Waals surface area contributed by atoms with Gasteiger partial charge < -0.3 is 0 Å². The molecule has 0 nitrogen and oxygen atoms in total. The highest BCUT2D eigenvalue weighted by molar-refractivity contribution is 6.25. The molecule has 2 heteroatoms. The molecule has 0 aromatic heterocycles. The molecule has 0 bridgehead atoms. The van der Waals surface area contributed by atoms with Gasteiger partial charge in [-0.1, -0.05) is 53.4 Å². The first-order chi connectivity index (χ1) is 8.45. The second kappa shape index (κ2) is 9.48. The van der Waals surface area contributed by atoms with E-state index in [2.05, 4.69) is 27.7 Å². The van der Waals surface area contributed by atoms with Gasteiger partial charge in [-0.05, 0) is 38.5 Å². The predicted molar refractivity (Wildman–Crippen MR) is 86.0 cm³/mol. The molecular formula is C16H32Cl2. The van der Waals surface area contributed by atoms with Gasteiger partial charge >= 0.3 is 0 Å². The van der Waals surface area contributed by atoms with Gasteiger partial charge in [-0.15, -0.1) is 23.2 Å². The van der Waals surface area contributed by atoms with Crippen molar-refractivity contribution in [3.8, 4) is 0 Å². The Labute approximate surface area is 125 Å². The minimum atomic E-state index is -0.00881. The van der Waals surface area contributed by atoms with Gasteiger partial charge in [0.25, 0.3) is 0 Å². The summed E-state index contributed by atoms with van der Waals surface area (Å²) in [4.78, 5) is -0.0176. The zero-order valence-corrected chi connectivity index (χ0v) is 14.3. The van der Waals surface area contributed by atoms with E-state index in [1.807, 2.05) is 0 Å². The van der Waals surface area contributed by atoms with Gasteiger partial charge in [-0.25, -0.2) is 0 Å². The molecule has 0 saturated carbocycles. The van der Waals surface area contributed by atoms with E-state index in [0.717, 1.165) is 38.5 Å². The van der Waals surface area contributed by atoms with Crippen LogP contribution in [0, 0.1) is 0 Å². The lowest BCUT2D eigenvalue weighted by Gasteiger charge is -2.33. The van der Waals surface area contributed by atoms with E-state index in [1.165, 1.54) is 25.7 Å². The first-order valence-electron chi connectivity index (χ1n) is 7.83. The van der Waals surface area contributed by atoms with E-state index in [4.69, 9.17) is 23.2 Å². The lowest BCUT2D eigenvalue weighted by atomic mass is 9.85. The Hall–Kier alpha value is 0.580. The number of alkyl halides is 2. The summed E-state index contributed by atoms with van der Waals surface area (Å²) in [6.45, 7) is 8.88. The molecule has 0 rings (SSSR count). The van der Waals surface area contributed by atoms with Crippen LogP contribution in [0.4, 0.5) is 0 Å². The van der Waals surface area contributed by atoms with E-state index in [0.29, 0.717) is 0 Å². The lowest BCUT2D eigenvalue weighted by molar-refractivity contribution is 0.368. The van der Waals surface area contributed by atoms with Crippen LogP contribution in [0.25, 0.3) is 0 Å². The molecule has 18 heavy (non-hydrogen) atoms. The summed E-state index contributed by atoms with van der Waals surface area (Å²) in [5.74, 6) is 0. The van der Waals surface area contributed by atoms with Gasteiger partial charge in [0.15, 0.2) is 0 Å². The zero-order valence-electron chi connectivity index (χ0n) is 12.8. The molecular weight excluding hydrogens is 263 g/mol. The molecule has 0 fully saturated rings. The standard InChI is InChI=1S/C16H32Cl2/c1-5-9-15(17,10-6-2)13-14-16(18,11-7-3)12-8-4/h5-14H2,1-4H3. The van der Waals surface area contributed by atoms with Crippen LogP contribution >= 0.6 is 23.2 Å². The molecule has 0 aromatic carbocycles. The molecule has 0 aliphatic carbocycles. The van der Waals surface area contributed by atoms with Gasteiger partial charge in [-0.2, -0.15) is 0 Å². The van der Waals surface area contributed by atoms with Gasteiger partial charge in [-0.3, -0.25) is 0 Å². The molecule has 0 aliphatic rings. The van der Waals surface area contributed by atoms with Crippen molar-refractivity contribution < 1.29 is 0 Å². The van der Waals surface area contributed by atoms with Crippen molar-refractivity contribution in [3.05, 3.63) is 0 Å². The Kier molecular flexibility index (Phi) is 9.78. The summed E-state index contributed by atoms with van der Waals surface area (Å²) in [7, 11) is 0. The Morgan fingerprint density at radius 1 is 0.500 bits per heavy atom. The van der Waals surface area contributed by atoms with Crippen molar-refractivity contribution in [3.63, 3.8) is 0 Å². The summed E-state index contributed by atoms with van der Waals surface area (Å²) in [6.07, 6.45) is 11.3. The average Bonchev–Trinajstić information content (AvgIpc) is 2.28. The van der Waals surface area contributed by atoms with Crippen LogP contribution in [0.2, 0.25) is 0 Å². The number of hydrogen-bond acceptors (Lipinski definition) is 0. The summed E-state index contributed by atoms with van der Waals surface area (Å²) < 4.78 is 0. The van der Waals surface area contributed by atoms with E-state index >= 15 is 0 Å². The molecule has 0 amide bonds. The van der Waals surface area contributed by atoms with Crippen LogP contribution in [-0.4, -0.2) is 9.75 Å². The molecule has 110 valence electrons. The maximum absolute atomic E-state index is 6.79. The topological polar surface area (TPSA) is 0 Å². The van der Waals surface area contributed by atoms with Gasteiger partial charge in [0.2, 0.25) is 0 Å². The molecule has 0 heterocycles. The van der Waals surface area contributed by atoms with Crippen LogP contribution < -0.4 is 0 Å². The van der Waals surface area contributed by atoms with Crippen LogP contribution in [0.15, 0.2) is 0 Å². The van der Waals surface area contributed by atoms with E-state index in [1.54, 1.807) is 0 Å². The second-order valence-electron chi connectivity index (χ2n) is 5.80.